The van der Waals surface area contributed by atoms with E-state index in [-0.39, 0.29) is 30.9 Å². The lowest BCUT2D eigenvalue weighted by Gasteiger charge is -2.45. The van der Waals surface area contributed by atoms with Gasteiger partial charge in [-0.2, -0.15) is 0 Å². The van der Waals surface area contributed by atoms with Crippen LogP contribution in [0.2, 0.25) is 0 Å². The van der Waals surface area contributed by atoms with Crippen molar-refractivity contribution in [2.75, 3.05) is 32.8 Å². The first-order chi connectivity index (χ1) is 14.0. The zero-order valence-electron chi connectivity index (χ0n) is 17.5. The maximum Gasteiger partial charge on any atom is 0.248 e. The van der Waals surface area contributed by atoms with Gasteiger partial charge in [0.15, 0.2) is 0 Å². The standard InChI is InChI=1S/C21H32N4O4/c1-14-19(15(2)29-23-14)10-20(26)22-11-18-12-25(21(27)13-28-18)17-6-8-24(9-7-17)16-4-3-5-16/h16-18H,3-13H2,1-2H3,(H,22,26). The SMILES string of the molecule is Cc1noc(C)c1CC(=O)NCC1CN(C2CCN(C3CCC3)CC2)C(=O)CO1. The maximum atomic E-state index is 12.4. The molecular formula is C21H32N4O4. The molecule has 3 fully saturated rings. The quantitative estimate of drug-likeness (QED) is 0.766. The van der Waals surface area contributed by atoms with Crippen molar-refractivity contribution in [2.24, 2.45) is 0 Å². The van der Waals surface area contributed by atoms with Crippen LogP contribution in [0.5, 0.6) is 0 Å². The highest BCUT2D eigenvalue weighted by Crippen LogP contribution is 2.29. The Balaban J connectivity index is 1.24. The Morgan fingerprint density at radius 1 is 1.17 bits per heavy atom. The Labute approximate surface area is 171 Å². The van der Waals surface area contributed by atoms with E-state index in [1.54, 1.807) is 0 Å². The van der Waals surface area contributed by atoms with E-state index in [1.807, 2.05) is 18.7 Å². The minimum absolute atomic E-state index is 0.0744. The van der Waals surface area contributed by atoms with Crippen LogP contribution in [0, 0.1) is 13.8 Å². The number of likely N-dealkylation sites (tertiary alicyclic amines) is 1. The average Bonchev–Trinajstić information content (AvgIpc) is 2.99. The number of rotatable bonds is 6. The van der Waals surface area contributed by atoms with E-state index in [4.69, 9.17) is 9.26 Å². The second-order valence-corrected chi connectivity index (χ2v) is 8.61. The molecule has 160 valence electrons. The molecule has 1 atom stereocenters. The Morgan fingerprint density at radius 2 is 1.93 bits per heavy atom. The van der Waals surface area contributed by atoms with Gasteiger partial charge in [-0.1, -0.05) is 11.6 Å². The van der Waals surface area contributed by atoms with Gasteiger partial charge in [-0.15, -0.1) is 0 Å². The summed E-state index contributed by atoms with van der Waals surface area (Å²) in [5.41, 5.74) is 1.58. The van der Waals surface area contributed by atoms with Crippen LogP contribution in [0.3, 0.4) is 0 Å². The summed E-state index contributed by atoms with van der Waals surface area (Å²) in [6.45, 7) is 6.88. The lowest BCUT2D eigenvalue weighted by Crippen LogP contribution is -2.57. The molecule has 29 heavy (non-hydrogen) atoms. The van der Waals surface area contributed by atoms with Crippen molar-refractivity contribution in [1.82, 2.24) is 20.3 Å². The number of aryl methyl sites for hydroxylation is 2. The molecule has 2 saturated heterocycles. The number of amides is 2. The molecule has 3 heterocycles. The third-order valence-corrected chi connectivity index (χ3v) is 6.74. The van der Waals surface area contributed by atoms with Gasteiger partial charge in [0, 0.05) is 43.8 Å². The van der Waals surface area contributed by atoms with Crippen LogP contribution < -0.4 is 5.32 Å². The lowest BCUT2D eigenvalue weighted by atomic mass is 9.89. The van der Waals surface area contributed by atoms with Gasteiger partial charge in [0.1, 0.15) is 12.4 Å². The molecule has 8 nitrogen and oxygen atoms in total. The monoisotopic (exact) mass is 404 g/mol. The number of morpholine rings is 1. The molecule has 1 aliphatic carbocycles. The van der Waals surface area contributed by atoms with Gasteiger partial charge >= 0.3 is 0 Å². The lowest BCUT2D eigenvalue weighted by molar-refractivity contribution is -0.153. The van der Waals surface area contributed by atoms with Crippen LogP contribution in [0.1, 0.15) is 49.1 Å². The molecule has 1 aromatic heterocycles. The Kier molecular flexibility index (Phi) is 6.20. The number of nitrogens with zero attached hydrogens (tertiary/aromatic N) is 3. The molecule has 3 aliphatic rings. The molecule has 0 spiro atoms. The van der Waals surface area contributed by atoms with Crippen molar-refractivity contribution in [2.45, 2.75) is 70.6 Å². The van der Waals surface area contributed by atoms with Gasteiger partial charge in [-0.3, -0.25) is 9.59 Å². The number of ether oxygens (including phenoxy) is 1. The van der Waals surface area contributed by atoms with Gasteiger partial charge in [-0.25, -0.2) is 0 Å². The molecule has 8 heteroatoms. The van der Waals surface area contributed by atoms with Crippen molar-refractivity contribution >= 4 is 11.8 Å². The molecule has 0 radical (unpaired) electrons. The molecule has 1 saturated carbocycles. The number of nitrogens with one attached hydrogen (secondary N) is 1. The zero-order valence-corrected chi connectivity index (χ0v) is 17.5. The van der Waals surface area contributed by atoms with Gasteiger partial charge in [0.2, 0.25) is 11.8 Å². The molecule has 0 bridgehead atoms. The van der Waals surface area contributed by atoms with E-state index in [0.717, 1.165) is 43.2 Å². The Hall–Kier alpha value is -1.93. The normalized spacial score (nSPS) is 24.6. The summed E-state index contributed by atoms with van der Waals surface area (Å²) >= 11 is 0. The molecule has 1 aromatic rings. The fourth-order valence-corrected chi connectivity index (χ4v) is 4.64. The second kappa shape index (κ2) is 8.83. The number of hydrogen-bond donors (Lipinski definition) is 1. The predicted octanol–water partition coefficient (Wildman–Crippen LogP) is 1.19. The Bertz CT molecular complexity index is 718. The van der Waals surface area contributed by atoms with Crippen LogP contribution in [0.25, 0.3) is 0 Å². The summed E-state index contributed by atoms with van der Waals surface area (Å²) in [4.78, 5) is 29.3. The summed E-state index contributed by atoms with van der Waals surface area (Å²) in [5.74, 6) is 0.669. The number of aromatic nitrogens is 1. The first-order valence-corrected chi connectivity index (χ1v) is 10.8. The van der Waals surface area contributed by atoms with E-state index < -0.39 is 0 Å². The number of piperidine rings is 1. The molecular weight excluding hydrogens is 372 g/mol. The maximum absolute atomic E-state index is 12.4. The zero-order chi connectivity index (χ0) is 20.4. The molecule has 1 unspecified atom stereocenters. The Morgan fingerprint density at radius 3 is 2.55 bits per heavy atom. The summed E-state index contributed by atoms with van der Waals surface area (Å²) < 4.78 is 10.8. The van der Waals surface area contributed by atoms with Gasteiger partial charge < -0.3 is 24.4 Å². The van der Waals surface area contributed by atoms with E-state index in [0.29, 0.717) is 24.9 Å². The summed E-state index contributed by atoms with van der Waals surface area (Å²) in [5, 5.41) is 6.83. The van der Waals surface area contributed by atoms with Crippen LogP contribution >= 0.6 is 0 Å². The van der Waals surface area contributed by atoms with E-state index >= 15 is 0 Å². The van der Waals surface area contributed by atoms with Crippen molar-refractivity contribution in [3.05, 3.63) is 17.0 Å². The van der Waals surface area contributed by atoms with Crippen LogP contribution in [-0.2, 0) is 20.7 Å². The topological polar surface area (TPSA) is 87.9 Å². The van der Waals surface area contributed by atoms with Gasteiger partial charge in [-0.05, 0) is 39.5 Å². The number of carbonyl (C=O) groups excluding carboxylic acids is 2. The van der Waals surface area contributed by atoms with Crippen LogP contribution in [0.15, 0.2) is 4.52 Å². The minimum Gasteiger partial charge on any atom is -0.365 e. The summed E-state index contributed by atoms with van der Waals surface area (Å²) in [6.07, 6.45) is 6.17. The number of hydrogen-bond acceptors (Lipinski definition) is 6. The van der Waals surface area contributed by atoms with Crippen LogP contribution in [-0.4, -0.2) is 77.7 Å². The van der Waals surface area contributed by atoms with Crippen molar-refractivity contribution < 1.29 is 18.8 Å². The highest BCUT2D eigenvalue weighted by Gasteiger charge is 2.35. The third-order valence-electron chi connectivity index (χ3n) is 6.74. The minimum atomic E-state index is -0.161. The largest absolute Gasteiger partial charge is 0.365 e. The first-order valence-electron chi connectivity index (χ1n) is 10.8. The first kappa shape index (κ1) is 20.3. The van der Waals surface area contributed by atoms with Crippen molar-refractivity contribution in [1.29, 1.82) is 0 Å². The molecule has 1 N–H and O–H groups in total. The highest BCUT2D eigenvalue weighted by atomic mass is 16.5. The molecule has 2 amide bonds. The van der Waals surface area contributed by atoms with E-state index in [9.17, 15) is 9.59 Å². The second-order valence-electron chi connectivity index (χ2n) is 8.61. The highest BCUT2D eigenvalue weighted by molar-refractivity contribution is 5.79. The molecule has 2 aliphatic heterocycles. The van der Waals surface area contributed by atoms with Gasteiger partial charge in [0.25, 0.3) is 0 Å². The smallest absolute Gasteiger partial charge is 0.248 e. The fraction of sp³-hybridized carbons (Fsp3) is 0.762. The van der Waals surface area contributed by atoms with E-state index in [2.05, 4.69) is 15.4 Å². The molecule has 0 aromatic carbocycles. The summed E-state index contributed by atoms with van der Waals surface area (Å²) in [7, 11) is 0. The van der Waals surface area contributed by atoms with Crippen molar-refractivity contribution in [3.63, 3.8) is 0 Å². The predicted molar refractivity (Wildman–Crippen MR) is 106 cm³/mol. The van der Waals surface area contributed by atoms with E-state index in [1.165, 1.54) is 19.3 Å². The average molecular weight is 405 g/mol. The van der Waals surface area contributed by atoms with Crippen molar-refractivity contribution in [3.8, 4) is 0 Å². The molecule has 4 rings (SSSR count). The van der Waals surface area contributed by atoms with Gasteiger partial charge in [0.05, 0.1) is 18.2 Å². The third kappa shape index (κ3) is 4.64. The van der Waals surface area contributed by atoms with Crippen LogP contribution in [0.4, 0.5) is 0 Å². The fourth-order valence-electron chi connectivity index (χ4n) is 4.64. The number of carbonyl (C=O) groups is 2. The summed E-state index contributed by atoms with van der Waals surface area (Å²) in [6, 6.07) is 1.07.